The molecule has 0 aliphatic heterocycles. The summed E-state index contributed by atoms with van der Waals surface area (Å²) in [6, 6.07) is 0.171. The fourth-order valence-electron chi connectivity index (χ4n) is 2.13. The van der Waals surface area contributed by atoms with Gasteiger partial charge in [0.15, 0.2) is 0 Å². The summed E-state index contributed by atoms with van der Waals surface area (Å²) < 4.78 is 0. The SMILES string of the molecule is NCC1CCCC1Nc1n[nH]c(=O)[nH]c1=O. The summed E-state index contributed by atoms with van der Waals surface area (Å²) in [7, 11) is 0. The van der Waals surface area contributed by atoms with Crippen molar-refractivity contribution < 1.29 is 0 Å². The van der Waals surface area contributed by atoms with Crippen LogP contribution in [0.1, 0.15) is 19.3 Å². The quantitative estimate of drug-likeness (QED) is 0.526. The number of H-pyrrole nitrogens is 2. The van der Waals surface area contributed by atoms with Crippen LogP contribution in [0.15, 0.2) is 9.59 Å². The molecule has 2 unspecified atom stereocenters. The van der Waals surface area contributed by atoms with E-state index in [4.69, 9.17) is 5.73 Å². The Balaban J connectivity index is 2.14. The number of nitrogens with two attached hydrogens (primary N) is 1. The molecule has 2 rings (SSSR count). The molecule has 1 aliphatic rings. The van der Waals surface area contributed by atoms with Crippen LogP contribution in [0, 0.1) is 5.92 Å². The fourth-order valence-corrected chi connectivity index (χ4v) is 2.13. The summed E-state index contributed by atoms with van der Waals surface area (Å²) in [6.45, 7) is 0.596. The smallest absolute Gasteiger partial charge is 0.342 e. The van der Waals surface area contributed by atoms with Crippen molar-refractivity contribution in [3.05, 3.63) is 20.8 Å². The van der Waals surface area contributed by atoms with Gasteiger partial charge in [-0.3, -0.25) is 9.78 Å². The summed E-state index contributed by atoms with van der Waals surface area (Å²) in [4.78, 5) is 24.3. The molecular weight excluding hydrogens is 210 g/mol. The van der Waals surface area contributed by atoms with Crippen LogP contribution in [0.2, 0.25) is 0 Å². The topological polar surface area (TPSA) is 117 Å². The molecule has 0 aromatic carbocycles. The molecular formula is C9H15N5O2. The van der Waals surface area contributed by atoms with Gasteiger partial charge in [-0.25, -0.2) is 9.89 Å². The average Bonchev–Trinajstić information content (AvgIpc) is 2.69. The Morgan fingerprint density at radius 3 is 2.94 bits per heavy atom. The molecule has 0 radical (unpaired) electrons. The minimum atomic E-state index is -0.600. The first kappa shape index (κ1) is 10.9. The number of aromatic amines is 2. The molecule has 0 spiro atoms. The third kappa shape index (κ3) is 2.13. The van der Waals surface area contributed by atoms with E-state index in [1.54, 1.807) is 0 Å². The average molecular weight is 225 g/mol. The van der Waals surface area contributed by atoms with Gasteiger partial charge in [0.2, 0.25) is 5.82 Å². The van der Waals surface area contributed by atoms with E-state index in [9.17, 15) is 9.59 Å². The van der Waals surface area contributed by atoms with Crippen LogP contribution >= 0.6 is 0 Å². The van der Waals surface area contributed by atoms with Crippen LogP contribution in [0.25, 0.3) is 0 Å². The van der Waals surface area contributed by atoms with Gasteiger partial charge in [-0.15, -0.1) is 5.10 Å². The lowest BCUT2D eigenvalue weighted by molar-refractivity contribution is 0.514. The van der Waals surface area contributed by atoms with Gasteiger partial charge in [-0.1, -0.05) is 6.42 Å². The van der Waals surface area contributed by atoms with Crippen molar-refractivity contribution >= 4 is 5.82 Å². The van der Waals surface area contributed by atoms with Gasteiger partial charge in [-0.2, -0.15) is 0 Å². The first-order valence-corrected chi connectivity index (χ1v) is 5.36. The maximum absolute atomic E-state index is 11.4. The van der Waals surface area contributed by atoms with Gasteiger partial charge in [0, 0.05) is 6.04 Å². The monoisotopic (exact) mass is 225 g/mol. The highest BCUT2D eigenvalue weighted by molar-refractivity contribution is 5.31. The fraction of sp³-hybridized carbons (Fsp3) is 0.667. The number of nitrogens with zero attached hydrogens (tertiary/aromatic N) is 1. The van der Waals surface area contributed by atoms with Gasteiger partial charge in [-0.05, 0) is 25.3 Å². The molecule has 1 aromatic heterocycles. The van der Waals surface area contributed by atoms with E-state index < -0.39 is 11.2 Å². The maximum atomic E-state index is 11.4. The second-order valence-corrected chi connectivity index (χ2v) is 4.03. The normalized spacial score (nSPS) is 24.6. The van der Waals surface area contributed by atoms with Crippen molar-refractivity contribution in [3.8, 4) is 0 Å². The zero-order chi connectivity index (χ0) is 11.5. The summed E-state index contributed by atoms with van der Waals surface area (Å²) in [5.41, 5.74) is 4.54. The second kappa shape index (κ2) is 4.48. The van der Waals surface area contributed by atoms with Crippen molar-refractivity contribution in [1.29, 1.82) is 0 Å². The molecule has 5 N–H and O–H groups in total. The minimum absolute atomic E-state index is 0.157. The molecule has 2 atom stereocenters. The molecule has 0 amide bonds. The molecule has 1 aromatic rings. The largest absolute Gasteiger partial charge is 0.361 e. The number of anilines is 1. The van der Waals surface area contributed by atoms with Crippen molar-refractivity contribution in [1.82, 2.24) is 15.2 Å². The lowest BCUT2D eigenvalue weighted by Crippen LogP contribution is -2.34. The predicted octanol–water partition coefficient (Wildman–Crippen LogP) is -1.00. The van der Waals surface area contributed by atoms with Crippen molar-refractivity contribution in [2.24, 2.45) is 11.7 Å². The molecule has 1 aliphatic carbocycles. The van der Waals surface area contributed by atoms with E-state index >= 15 is 0 Å². The Labute approximate surface area is 91.5 Å². The number of nitrogens with one attached hydrogen (secondary N) is 3. The molecule has 16 heavy (non-hydrogen) atoms. The Morgan fingerprint density at radius 1 is 1.44 bits per heavy atom. The molecule has 0 bridgehead atoms. The molecule has 7 heteroatoms. The van der Waals surface area contributed by atoms with Crippen LogP contribution in [0.5, 0.6) is 0 Å². The molecule has 7 nitrogen and oxygen atoms in total. The molecule has 1 heterocycles. The Bertz CT molecular complexity index is 465. The van der Waals surface area contributed by atoms with Crippen LogP contribution in [-0.2, 0) is 0 Å². The lowest BCUT2D eigenvalue weighted by atomic mass is 10.0. The Kier molecular flexibility index (Phi) is 3.04. The van der Waals surface area contributed by atoms with E-state index in [1.807, 2.05) is 0 Å². The van der Waals surface area contributed by atoms with Gasteiger partial charge < -0.3 is 11.1 Å². The lowest BCUT2D eigenvalue weighted by Gasteiger charge is -2.18. The first-order chi connectivity index (χ1) is 7.70. The third-order valence-corrected chi connectivity index (χ3v) is 3.00. The van der Waals surface area contributed by atoms with Gasteiger partial charge >= 0.3 is 5.69 Å². The highest BCUT2D eigenvalue weighted by Crippen LogP contribution is 2.26. The number of hydrogen-bond donors (Lipinski definition) is 4. The summed E-state index contributed by atoms with van der Waals surface area (Å²) in [5, 5.41) is 8.90. The zero-order valence-electron chi connectivity index (χ0n) is 8.82. The van der Waals surface area contributed by atoms with E-state index in [0.29, 0.717) is 12.5 Å². The standard InChI is InChI=1S/C9H15N5O2/c10-4-5-2-1-3-6(5)11-7-8(15)12-9(16)14-13-7/h5-6H,1-4,10H2,(H,11,13)(H2,12,14,15,16). The van der Waals surface area contributed by atoms with Crippen LogP contribution in [0.3, 0.4) is 0 Å². The number of rotatable bonds is 3. The molecule has 1 fully saturated rings. The third-order valence-electron chi connectivity index (χ3n) is 3.00. The van der Waals surface area contributed by atoms with Crippen molar-refractivity contribution in [2.75, 3.05) is 11.9 Å². The molecule has 0 saturated heterocycles. The van der Waals surface area contributed by atoms with Gasteiger partial charge in [0.05, 0.1) is 0 Å². The van der Waals surface area contributed by atoms with Crippen molar-refractivity contribution in [3.63, 3.8) is 0 Å². The number of hydrogen-bond acceptors (Lipinski definition) is 5. The van der Waals surface area contributed by atoms with Crippen LogP contribution < -0.4 is 22.3 Å². The van der Waals surface area contributed by atoms with Gasteiger partial charge in [0.25, 0.3) is 5.56 Å². The van der Waals surface area contributed by atoms with E-state index in [-0.39, 0.29) is 11.9 Å². The predicted molar refractivity (Wildman–Crippen MR) is 59.3 cm³/mol. The van der Waals surface area contributed by atoms with Crippen LogP contribution in [-0.4, -0.2) is 27.8 Å². The Hall–Kier alpha value is -1.63. The molecule has 88 valence electrons. The van der Waals surface area contributed by atoms with Gasteiger partial charge in [0.1, 0.15) is 0 Å². The summed E-state index contributed by atoms with van der Waals surface area (Å²) in [6.07, 6.45) is 3.14. The zero-order valence-corrected chi connectivity index (χ0v) is 8.82. The van der Waals surface area contributed by atoms with E-state index in [0.717, 1.165) is 19.3 Å². The highest BCUT2D eigenvalue weighted by atomic mass is 16.2. The molecule has 1 saturated carbocycles. The maximum Gasteiger partial charge on any atom is 0.342 e. The summed E-state index contributed by atoms with van der Waals surface area (Å²) in [5.74, 6) is 0.526. The van der Waals surface area contributed by atoms with E-state index in [2.05, 4.69) is 20.5 Å². The number of aromatic nitrogens is 3. The van der Waals surface area contributed by atoms with Crippen molar-refractivity contribution in [2.45, 2.75) is 25.3 Å². The first-order valence-electron chi connectivity index (χ1n) is 5.36. The minimum Gasteiger partial charge on any atom is -0.361 e. The Morgan fingerprint density at radius 2 is 2.25 bits per heavy atom. The van der Waals surface area contributed by atoms with E-state index in [1.165, 1.54) is 0 Å². The highest BCUT2D eigenvalue weighted by Gasteiger charge is 2.26. The second-order valence-electron chi connectivity index (χ2n) is 4.03. The summed E-state index contributed by atoms with van der Waals surface area (Å²) >= 11 is 0. The van der Waals surface area contributed by atoms with Crippen LogP contribution in [0.4, 0.5) is 5.82 Å².